The summed E-state index contributed by atoms with van der Waals surface area (Å²) in [7, 11) is 1.68. The number of aliphatic hydroxyl groups is 1. The van der Waals surface area contributed by atoms with Crippen LogP contribution in [0.15, 0.2) is 36.0 Å². The van der Waals surface area contributed by atoms with Crippen molar-refractivity contribution in [2.45, 2.75) is 51.7 Å². The maximum absolute atomic E-state index is 12.7. The summed E-state index contributed by atoms with van der Waals surface area (Å²) in [6.07, 6.45) is 7.30. The standard InChI is InChI=1S/C26H34N2O4/c1-15-5-4-6-17-11-22-23(24(29)26(15,17)2)20(25(30)32-22)14-27-10-9-16-13-28-21-8-7-18(31-3)12-19(16)21/h6-8,12-13,15,20,22-24,27-29H,4-5,9-11,14H2,1-3H3/t15-,20-,22+,23+,24-,26+/m0/s1. The number of carbonyl (C=O) groups excluding carboxylic acids is 1. The predicted molar refractivity (Wildman–Crippen MR) is 123 cm³/mol. The lowest BCUT2D eigenvalue weighted by Gasteiger charge is -2.51. The molecule has 3 N–H and O–H groups in total. The van der Waals surface area contributed by atoms with Crippen LogP contribution in [-0.4, -0.2) is 48.5 Å². The number of aromatic nitrogens is 1. The van der Waals surface area contributed by atoms with E-state index in [9.17, 15) is 9.90 Å². The molecule has 172 valence electrons. The van der Waals surface area contributed by atoms with Crippen molar-refractivity contribution in [3.05, 3.63) is 41.6 Å². The minimum atomic E-state index is -0.554. The van der Waals surface area contributed by atoms with Crippen LogP contribution in [0.5, 0.6) is 5.75 Å². The Bertz CT molecular complexity index is 1040. The minimum absolute atomic E-state index is 0.143. The molecule has 6 heteroatoms. The third-order valence-electron chi connectivity index (χ3n) is 8.48. The van der Waals surface area contributed by atoms with Crippen LogP contribution in [0.25, 0.3) is 10.9 Å². The zero-order chi connectivity index (χ0) is 22.5. The summed E-state index contributed by atoms with van der Waals surface area (Å²) in [5.74, 6) is 0.636. The van der Waals surface area contributed by atoms with E-state index in [0.717, 1.165) is 48.9 Å². The van der Waals surface area contributed by atoms with Crippen LogP contribution in [0.4, 0.5) is 0 Å². The summed E-state index contributed by atoms with van der Waals surface area (Å²) >= 11 is 0. The number of esters is 1. The fourth-order valence-corrected chi connectivity index (χ4v) is 6.27. The van der Waals surface area contributed by atoms with Gasteiger partial charge in [0.05, 0.1) is 19.1 Å². The number of H-pyrrole nitrogens is 1. The van der Waals surface area contributed by atoms with Crippen LogP contribution in [-0.2, 0) is 16.0 Å². The van der Waals surface area contributed by atoms with Gasteiger partial charge in [-0.2, -0.15) is 0 Å². The number of aromatic amines is 1. The van der Waals surface area contributed by atoms with Crippen LogP contribution >= 0.6 is 0 Å². The van der Waals surface area contributed by atoms with Crippen LogP contribution < -0.4 is 10.1 Å². The normalized spacial score (nSPS) is 34.1. The average molecular weight is 439 g/mol. The molecule has 1 aromatic carbocycles. The number of carbonyl (C=O) groups is 1. The summed E-state index contributed by atoms with van der Waals surface area (Å²) in [5, 5.41) is 16.1. The van der Waals surface area contributed by atoms with E-state index in [1.807, 2.05) is 18.3 Å². The second-order valence-corrected chi connectivity index (χ2v) is 9.98. The molecule has 2 aromatic rings. The van der Waals surface area contributed by atoms with Crippen LogP contribution in [0.1, 0.15) is 38.7 Å². The van der Waals surface area contributed by atoms with Gasteiger partial charge in [-0.15, -0.1) is 0 Å². The zero-order valence-electron chi connectivity index (χ0n) is 19.2. The number of benzene rings is 1. The van der Waals surface area contributed by atoms with Gasteiger partial charge in [0, 0.05) is 41.4 Å². The van der Waals surface area contributed by atoms with Crippen molar-refractivity contribution in [1.82, 2.24) is 10.3 Å². The number of methoxy groups -OCH3 is 1. The van der Waals surface area contributed by atoms with Gasteiger partial charge in [0.25, 0.3) is 0 Å². The number of allylic oxidation sites excluding steroid dienone is 1. The molecular formula is C26H34N2O4. The summed E-state index contributed by atoms with van der Waals surface area (Å²) in [4.78, 5) is 16.0. The van der Waals surface area contributed by atoms with Gasteiger partial charge >= 0.3 is 5.97 Å². The van der Waals surface area contributed by atoms with E-state index < -0.39 is 6.10 Å². The first-order chi connectivity index (χ1) is 15.4. The Kier molecular flexibility index (Phi) is 5.54. The van der Waals surface area contributed by atoms with Crippen molar-refractivity contribution in [2.75, 3.05) is 20.2 Å². The predicted octanol–water partition coefficient (Wildman–Crippen LogP) is 3.59. The summed E-state index contributed by atoms with van der Waals surface area (Å²) < 4.78 is 11.1. The summed E-state index contributed by atoms with van der Waals surface area (Å²) in [6.45, 7) is 5.70. The lowest BCUT2D eigenvalue weighted by Crippen LogP contribution is -2.54. The molecule has 5 rings (SSSR count). The highest BCUT2D eigenvalue weighted by Gasteiger charge is 2.59. The highest BCUT2D eigenvalue weighted by molar-refractivity contribution is 5.84. The van der Waals surface area contributed by atoms with Gasteiger partial charge in [-0.05, 0) is 55.5 Å². The molecule has 1 aromatic heterocycles. The molecule has 32 heavy (non-hydrogen) atoms. The molecule has 0 spiro atoms. The first kappa shape index (κ1) is 21.5. The number of fused-ring (bicyclic) bond motifs is 3. The summed E-state index contributed by atoms with van der Waals surface area (Å²) in [5.41, 5.74) is 3.33. The maximum Gasteiger partial charge on any atom is 0.311 e. The van der Waals surface area contributed by atoms with Crippen molar-refractivity contribution in [3.63, 3.8) is 0 Å². The number of hydrogen-bond acceptors (Lipinski definition) is 5. The second kappa shape index (κ2) is 8.23. The molecule has 3 aliphatic rings. The molecule has 0 radical (unpaired) electrons. The molecule has 0 unspecified atom stereocenters. The first-order valence-corrected chi connectivity index (χ1v) is 11.9. The van der Waals surface area contributed by atoms with E-state index >= 15 is 0 Å². The van der Waals surface area contributed by atoms with E-state index in [1.165, 1.54) is 11.1 Å². The molecule has 6 atom stereocenters. The highest BCUT2D eigenvalue weighted by atomic mass is 16.6. The van der Waals surface area contributed by atoms with Gasteiger partial charge in [-0.3, -0.25) is 4.79 Å². The maximum atomic E-state index is 12.7. The van der Waals surface area contributed by atoms with Crippen LogP contribution in [0.2, 0.25) is 0 Å². The summed E-state index contributed by atoms with van der Waals surface area (Å²) in [6, 6.07) is 6.03. The van der Waals surface area contributed by atoms with Crippen molar-refractivity contribution in [3.8, 4) is 5.75 Å². The van der Waals surface area contributed by atoms with E-state index in [1.54, 1.807) is 7.11 Å². The fraction of sp³-hybridized carbons (Fsp3) is 0.577. The van der Waals surface area contributed by atoms with E-state index in [4.69, 9.17) is 9.47 Å². The molecule has 0 bridgehead atoms. The van der Waals surface area contributed by atoms with E-state index in [0.29, 0.717) is 12.5 Å². The molecule has 1 saturated heterocycles. The van der Waals surface area contributed by atoms with Crippen molar-refractivity contribution < 1.29 is 19.4 Å². The number of hydrogen-bond donors (Lipinski definition) is 3. The molecule has 6 nitrogen and oxygen atoms in total. The molecule has 1 saturated carbocycles. The Labute approximate surface area is 189 Å². The van der Waals surface area contributed by atoms with Crippen molar-refractivity contribution >= 4 is 16.9 Å². The van der Waals surface area contributed by atoms with Gasteiger partial charge in [-0.25, -0.2) is 0 Å². The number of rotatable bonds is 6. The van der Waals surface area contributed by atoms with Gasteiger partial charge < -0.3 is 24.9 Å². The zero-order valence-corrected chi connectivity index (χ0v) is 19.2. The first-order valence-electron chi connectivity index (χ1n) is 11.9. The Balaban J connectivity index is 1.25. The lowest BCUT2D eigenvalue weighted by atomic mass is 9.55. The van der Waals surface area contributed by atoms with Gasteiger partial charge in [-0.1, -0.05) is 25.5 Å². The number of aliphatic hydroxyl groups excluding tert-OH is 1. The third kappa shape index (κ3) is 3.35. The van der Waals surface area contributed by atoms with E-state index in [-0.39, 0.29) is 29.3 Å². The quantitative estimate of drug-likeness (QED) is 0.365. The van der Waals surface area contributed by atoms with E-state index in [2.05, 4.69) is 36.3 Å². The van der Waals surface area contributed by atoms with Gasteiger partial charge in [0.15, 0.2) is 0 Å². The van der Waals surface area contributed by atoms with Gasteiger partial charge in [0.1, 0.15) is 11.9 Å². The molecule has 1 aliphatic heterocycles. The SMILES string of the molecule is COc1ccc2[nH]cc(CCNC[C@@H]3C(=O)O[C@@H]4CC5=CCC[C@H](C)[C@@]5(C)[C@@H](O)[C@H]34)c2c1. The fourth-order valence-electron chi connectivity index (χ4n) is 6.27. The molecular weight excluding hydrogens is 404 g/mol. The van der Waals surface area contributed by atoms with Crippen LogP contribution in [0.3, 0.4) is 0 Å². The Morgan fingerprint density at radius 3 is 3.03 bits per heavy atom. The number of nitrogens with one attached hydrogen (secondary N) is 2. The molecule has 2 fully saturated rings. The largest absolute Gasteiger partial charge is 0.497 e. The molecule has 0 amide bonds. The lowest BCUT2D eigenvalue weighted by molar-refractivity contribution is -0.144. The Morgan fingerprint density at radius 1 is 1.38 bits per heavy atom. The second-order valence-electron chi connectivity index (χ2n) is 9.98. The van der Waals surface area contributed by atoms with Crippen molar-refractivity contribution in [2.24, 2.45) is 23.2 Å². The van der Waals surface area contributed by atoms with Crippen molar-refractivity contribution in [1.29, 1.82) is 0 Å². The Morgan fingerprint density at radius 2 is 2.22 bits per heavy atom. The average Bonchev–Trinajstić information content (AvgIpc) is 3.33. The minimum Gasteiger partial charge on any atom is -0.497 e. The van der Waals surface area contributed by atoms with Crippen LogP contribution in [0, 0.1) is 23.2 Å². The number of ether oxygens (including phenoxy) is 2. The third-order valence-corrected chi connectivity index (χ3v) is 8.48. The monoisotopic (exact) mass is 438 g/mol. The Hall–Kier alpha value is -2.31. The topological polar surface area (TPSA) is 83.6 Å². The molecule has 2 aliphatic carbocycles. The van der Waals surface area contributed by atoms with Gasteiger partial charge in [0.2, 0.25) is 0 Å². The smallest absolute Gasteiger partial charge is 0.311 e. The highest BCUT2D eigenvalue weighted by Crippen LogP contribution is 2.55. The molecule has 2 heterocycles.